The number of nitrogens with one attached hydrogen (secondary N) is 1. The van der Waals surface area contributed by atoms with E-state index in [1.165, 1.54) is 11.1 Å². The molecule has 0 radical (unpaired) electrons. The van der Waals surface area contributed by atoms with Gasteiger partial charge in [-0.15, -0.1) is 10.2 Å². The average Bonchev–Trinajstić information content (AvgIpc) is 3.06. The molecule has 5 nitrogen and oxygen atoms in total. The third kappa shape index (κ3) is 3.94. The zero-order valence-corrected chi connectivity index (χ0v) is 15.1. The Balaban J connectivity index is 1.32. The third-order valence-corrected chi connectivity index (χ3v) is 4.87. The number of nitrogens with zero attached hydrogens (tertiary/aromatic N) is 3. The van der Waals surface area contributed by atoms with Gasteiger partial charge in [0.05, 0.1) is 0 Å². The fraction of sp³-hybridized carbons (Fsp3) is 0.333. The Morgan fingerprint density at radius 1 is 1.08 bits per heavy atom. The lowest BCUT2D eigenvalue weighted by Gasteiger charge is -2.25. The molecule has 5 heteroatoms. The normalized spacial score (nSPS) is 16.3. The van der Waals surface area contributed by atoms with E-state index >= 15 is 0 Å². The van der Waals surface area contributed by atoms with Crippen LogP contribution >= 0.6 is 0 Å². The zero-order valence-electron chi connectivity index (χ0n) is 15.1. The topological polar surface area (TPSA) is 52.0 Å². The third-order valence-electron chi connectivity index (χ3n) is 4.87. The van der Waals surface area contributed by atoms with Gasteiger partial charge in [-0.1, -0.05) is 42.5 Å². The number of fused-ring (bicyclic) bond motifs is 1. The fourth-order valence-electron chi connectivity index (χ4n) is 3.38. The molecule has 4 rings (SSSR count). The summed E-state index contributed by atoms with van der Waals surface area (Å²) in [7, 11) is 0. The van der Waals surface area contributed by atoms with Crippen molar-refractivity contribution in [2.75, 3.05) is 0 Å². The monoisotopic (exact) mass is 348 g/mol. The van der Waals surface area contributed by atoms with E-state index in [0.29, 0.717) is 12.6 Å². The highest BCUT2D eigenvalue weighted by molar-refractivity contribution is 5.29. The van der Waals surface area contributed by atoms with Gasteiger partial charge in [-0.3, -0.25) is 0 Å². The highest BCUT2D eigenvalue weighted by Gasteiger charge is 2.20. The van der Waals surface area contributed by atoms with Gasteiger partial charge in [0.1, 0.15) is 24.0 Å². The smallest absolute Gasteiger partial charge is 0.133 e. The Morgan fingerprint density at radius 2 is 1.92 bits per heavy atom. The molecule has 1 aliphatic rings. The second-order valence-electron chi connectivity index (χ2n) is 6.81. The van der Waals surface area contributed by atoms with Crippen LogP contribution < -0.4 is 10.1 Å². The largest absolute Gasteiger partial charge is 0.489 e. The number of aromatic nitrogens is 3. The van der Waals surface area contributed by atoms with Gasteiger partial charge in [-0.25, -0.2) is 0 Å². The van der Waals surface area contributed by atoms with Gasteiger partial charge in [0.15, 0.2) is 0 Å². The molecule has 1 aliphatic heterocycles. The first-order chi connectivity index (χ1) is 12.8. The summed E-state index contributed by atoms with van der Waals surface area (Å²) >= 11 is 0. The summed E-state index contributed by atoms with van der Waals surface area (Å²) in [5.41, 5.74) is 2.42. The lowest BCUT2D eigenvalue weighted by molar-refractivity contribution is 0.305. The predicted molar refractivity (Wildman–Crippen MR) is 101 cm³/mol. The van der Waals surface area contributed by atoms with Gasteiger partial charge in [-0.05, 0) is 36.6 Å². The van der Waals surface area contributed by atoms with Gasteiger partial charge >= 0.3 is 0 Å². The summed E-state index contributed by atoms with van der Waals surface area (Å²) in [6, 6.07) is 19.0. The molecule has 0 spiro atoms. The van der Waals surface area contributed by atoms with Crippen LogP contribution in [0, 0.1) is 6.92 Å². The van der Waals surface area contributed by atoms with Crippen LogP contribution in [0.1, 0.15) is 29.2 Å². The van der Waals surface area contributed by atoms with E-state index in [1.807, 2.05) is 31.2 Å². The minimum Gasteiger partial charge on any atom is -0.489 e. The minimum absolute atomic E-state index is 0.450. The van der Waals surface area contributed by atoms with Crippen molar-refractivity contribution in [2.24, 2.45) is 0 Å². The van der Waals surface area contributed by atoms with Crippen molar-refractivity contribution in [3.05, 3.63) is 77.4 Å². The molecule has 0 saturated heterocycles. The highest BCUT2D eigenvalue weighted by Crippen LogP contribution is 2.17. The van der Waals surface area contributed by atoms with Crippen LogP contribution in [0.3, 0.4) is 0 Å². The first-order valence-electron chi connectivity index (χ1n) is 9.15. The summed E-state index contributed by atoms with van der Waals surface area (Å²) in [6.45, 7) is 4.39. The van der Waals surface area contributed by atoms with E-state index in [2.05, 4.69) is 50.4 Å². The van der Waals surface area contributed by atoms with Crippen LogP contribution in [0.15, 0.2) is 54.6 Å². The second-order valence-corrected chi connectivity index (χ2v) is 6.81. The maximum atomic E-state index is 5.93. The molecule has 1 N–H and O–H groups in total. The quantitative estimate of drug-likeness (QED) is 0.743. The molecule has 3 aromatic rings. The van der Waals surface area contributed by atoms with Crippen LogP contribution in [0.2, 0.25) is 0 Å². The van der Waals surface area contributed by atoms with Gasteiger partial charge < -0.3 is 14.6 Å². The van der Waals surface area contributed by atoms with Crippen molar-refractivity contribution >= 4 is 0 Å². The molecule has 26 heavy (non-hydrogen) atoms. The van der Waals surface area contributed by atoms with Crippen LogP contribution in [-0.4, -0.2) is 20.8 Å². The molecular weight excluding hydrogens is 324 g/mol. The number of aryl methyl sites for hydroxylation is 2. The molecular formula is C21H24N4O. The first kappa shape index (κ1) is 16.8. The van der Waals surface area contributed by atoms with E-state index in [-0.39, 0.29) is 0 Å². The zero-order chi connectivity index (χ0) is 17.8. The van der Waals surface area contributed by atoms with Gasteiger partial charge in [0.2, 0.25) is 0 Å². The van der Waals surface area contributed by atoms with Crippen molar-refractivity contribution in [2.45, 2.75) is 45.5 Å². The number of hydrogen-bond acceptors (Lipinski definition) is 4. The van der Waals surface area contributed by atoms with E-state index < -0.39 is 0 Å². The number of hydrogen-bond donors (Lipinski definition) is 1. The molecule has 0 unspecified atom stereocenters. The summed E-state index contributed by atoms with van der Waals surface area (Å²) in [5, 5.41) is 12.1. The molecule has 0 bridgehead atoms. The summed E-state index contributed by atoms with van der Waals surface area (Å²) in [4.78, 5) is 0. The summed E-state index contributed by atoms with van der Waals surface area (Å²) in [6.07, 6.45) is 2.08. The van der Waals surface area contributed by atoms with Crippen LogP contribution in [0.5, 0.6) is 5.75 Å². The highest BCUT2D eigenvalue weighted by atomic mass is 16.5. The van der Waals surface area contributed by atoms with Crippen LogP contribution in [-0.2, 0) is 26.1 Å². The number of benzene rings is 2. The van der Waals surface area contributed by atoms with Crippen molar-refractivity contribution in [1.29, 1.82) is 0 Å². The van der Waals surface area contributed by atoms with E-state index in [0.717, 1.165) is 43.3 Å². The standard InChI is InChI=1S/C21H24N4O/c1-16-23-24-21-11-10-19(14-25(16)21)22-13-18-8-5-9-20(12-18)26-15-17-6-3-2-4-7-17/h2-9,12,19,22H,10-11,13-15H2,1H3/t19-/m0/s1. The molecule has 1 aromatic heterocycles. The van der Waals surface area contributed by atoms with Crippen LogP contribution in [0.25, 0.3) is 0 Å². The maximum Gasteiger partial charge on any atom is 0.133 e. The Labute approximate surface area is 154 Å². The maximum absolute atomic E-state index is 5.93. The van der Waals surface area contributed by atoms with Gasteiger partial charge in [0.25, 0.3) is 0 Å². The molecule has 0 saturated carbocycles. The molecule has 0 fully saturated rings. The Morgan fingerprint density at radius 3 is 2.81 bits per heavy atom. The van der Waals surface area contributed by atoms with Crippen LogP contribution in [0.4, 0.5) is 0 Å². The Hall–Kier alpha value is -2.66. The average molecular weight is 348 g/mol. The van der Waals surface area contributed by atoms with E-state index in [4.69, 9.17) is 4.74 Å². The van der Waals surface area contributed by atoms with Gasteiger partial charge in [0, 0.05) is 25.6 Å². The summed E-state index contributed by atoms with van der Waals surface area (Å²) < 4.78 is 8.15. The molecule has 1 atom stereocenters. The lowest BCUT2D eigenvalue weighted by Crippen LogP contribution is -2.37. The lowest BCUT2D eigenvalue weighted by atomic mass is 10.1. The van der Waals surface area contributed by atoms with Crippen molar-refractivity contribution < 1.29 is 4.74 Å². The van der Waals surface area contributed by atoms with E-state index in [9.17, 15) is 0 Å². The minimum atomic E-state index is 0.450. The number of ether oxygens (including phenoxy) is 1. The second kappa shape index (κ2) is 7.70. The van der Waals surface area contributed by atoms with Crippen molar-refractivity contribution in [3.63, 3.8) is 0 Å². The van der Waals surface area contributed by atoms with Crippen molar-refractivity contribution in [1.82, 2.24) is 20.1 Å². The fourth-order valence-corrected chi connectivity index (χ4v) is 3.38. The number of rotatable bonds is 6. The first-order valence-corrected chi connectivity index (χ1v) is 9.15. The molecule has 2 heterocycles. The molecule has 134 valence electrons. The Kier molecular flexibility index (Phi) is 4.97. The predicted octanol–water partition coefficient (Wildman–Crippen LogP) is 3.27. The van der Waals surface area contributed by atoms with Gasteiger partial charge in [-0.2, -0.15) is 0 Å². The van der Waals surface area contributed by atoms with Crippen molar-refractivity contribution in [3.8, 4) is 5.75 Å². The van der Waals surface area contributed by atoms with E-state index in [1.54, 1.807) is 0 Å². The molecule has 2 aromatic carbocycles. The molecule has 0 amide bonds. The Bertz CT molecular complexity index is 859. The molecule has 0 aliphatic carbocycles. The SMILES string of the molecule is Cc1nnc2n1C[C@@H](NCc1cccc(OCc3ccccc3)c1)CC2. The summed E-state index contributed by atoms with van der Waals surface area (Å²) in [5.74, 6) is 3.02.